The lowest BCUT2D eigenvalue weighted by Gasteiger charge is -2.34. The second-order valence-corrected chi connectivity index (χ2v) is 8.01. The Morgan fingerprint density at radius 3 is 2.65 bits per heavy atom. The highest BCUT2D eigenvalue weighted by molar-refractivity contribution is 7.89. The van der Waals surface area contributed by atoms with Crippen LogP contribution < -0.4 is 5.32 Å². The minimum atomic E-state index is -3.58. The van der Waals surface area contributed by atoms with Crippen LogP contribution in [0, 0.1) is 0 Å². The Hall–Kier alpha value is -1.45. The lowest BCUT2D eigenvalue weighted by atomic mass is 10.2. The summed E-state index contributed by atoms with van der Waals surface area (Å²) < 4.78 is 34.8. The number of ether oxygens (including phenoxy) is 1. The predicted octanol–water partition coefficient (Wildman–Crippen LogP) is 1.37. The maximum atomic E-state index is 13.2. The smallest absolute Gasteiger partial charge is 0.243 e. The first-order valence-corrected chi connectivity index (χ1v) is 9.75. The summed E-state index contributed by atoms with van der Waals surface area (Å²) in [5.74, 6) is 0.743. The lowest BCUT2D eigenvalue weighted by Crippen LogP contribution is -2.49. The van der Waals surface area contributed by atoms with Crippen molar-refractivity contribution < 1.29 is 13.2 Å². The fraction of sp³-hybridized carbons (Fsp3) is 0.471. The fourth-order valence-electron chi connectivity index (χ4n) is 3.08. The average molecular weight is 401 g/mol. The molecule has 1 aliphatic rings. The second kappa shape index (κ2) is 8.96. The highest BCUT2D eigenvalue weighted by Gasteiger charge is 2.36. The van der Waals surface area contributed by atoms with Crippen LogP contribution in [-0.4, -0.2) is 55.6 Å². The van der Waals surface area contributed by atoms with Gasteiger partial charge < -0.3 is 14.6 Å². The number of sulfonamides is 1. The third-order valence-corrected chi connectivity index (χ3v) is 6.40. The Balaban J connectivity index is 0.00000243. The Labute approximate surface area is 160 Å². The van der Waals surface area contributed by atoms with E-state index in [-0.39, 0.29) is 18.4 Å². The van der Waals surface area contributed by atoms with Crippen molar-refractivity contribution in [1.29, 1.82) is 0 Å². The molecule has 1 aromatic carbocycles. The third-order valence-electron chi connectivity index (χ3n) is 4.48. The van der Waals surface area contributed by atoms with Crippen molar-refractivity contribution in [3.05, 3.63) is 48.0 Å². The summed E-state index contributed by atoms with van der Waals surface area (Å²) >= 11 is 0. The molecular weight excluding hydrogens is 376 g/mol. The van der Waals surface area contributed by atoms with Crippen LogP contribution in [0.3, 0.4) is 0 Å². The summed E-state index contributed by atoms with van der Waals surface area (Å²) in [7, 11) is -0.0475. The molecule has 0 spiro atoms. The van der Waals surface area contributed by atoms with E-state index in [1.807, 2.05) is 29.9 Å². The number of hydrogen-bond donors (Lipinski definition) is 1. The van der Waals surface area contributed by atoms with E-state index in [0.717, 1.165) is 17.8 Å². The quantitative estimate of drug-likeness (QED) is 0.792. The van der Waals surface area contributed by atoms with Crippen molar-refractivity contribution in [3.8, 4) is 0 Å². The summed E-state index contributed by atoms with van der Waals surface area (Å²) in [6, 6.07) is 6.75. The number of nitrogens with zero attached hydrogens (tertiary/aromatic N) is 3. The number of methoxy groups -OCH3 is 1. The van der Waals surface area contributed by atoms with Gasteiger partial charge in [-0.05, 0) is 24.1 Å². The molecule has 0 amide bonds. The van der Waals surface area contributed by atoms with Gasteiger partial charge in [0.1, 0.15) is 5.82 Å². The summed E-state index contributed by atoms with van der Waals surface area (Å²) in [5, 5.41) is 3.26. The van der Waals surface area contributed by atoms with Gasteiger partial charge in [0.05, 0.1) is 17.5 Å². The third kappa shape index (κ3) is 4.27. The van der Waals surface area contributed by atoms with Gasteiger partial charge in [0.15, 0.2) is 0 Å². The van der Waals surface area contributed by atoms with Gasteiger partial charge in [-0.15, -0.1) is 12.4 Å². The van der Waals surface area contributed by atoms with Gasteiger partial charge >= 0.3 is 0 Å². The monoisotopic (exact) mass is 400 g/mol. The van der Waals surface area contributed by atoms with Crippen LogP contribution in [0.5, 0.6) is 0 Å². The number of halogens is 1. The van der Waals surface area contributed by atoms with Gasteiger partial charge in [-0.3, -0.25) is 0 Å². The van der Waals surface area contributed by atoms with Crippen LogP contribution in [0.1, 0.15) is 17.4 Å². The van der Waals surface area contributed by atoms with Crippen LogP contribution in [0.15, 0.2) is 41.6 Å². The molecule has 26 heavy (non-hydrogen) atoms. The number of aromatic nitrogens is 2. The van der Waals surface area contributed by atoms with Crippen LogP contribution >= 0.6 is 12.4 Å². The van der Waals surface area contributed by atoms with Gasteiger partial charge in [-0.25, -0.2) is 13.4 Å². The first kappa shape index (κ1) is 20.9. The number of imidazole rings is 1. The summed E-state index contributed by atoms with van der Waals surface area (Å²) in [5.41, 5.74) is 1.06. The summed E-state index contributed by atoms with van der Waals surface area (Å²) in [4.78, 5) is 4.66. The molecule has 1 N–H and O–H groups in total. The Morgan fingerprint density at radius 2 is 2.04 bits per heavy atom. The first-order chi connectivity index (χ1) is 12.0. The molecule has 2 aromatic rings. The Bertz CT molecular complexity index is 808. The number of benzene rings is 1. The molecule has 0 bridgehead atoms. The van der Waals surface area contributed by atoms with E-state index in [2.05, 4.69) is 10.3 Å². The maximum absolute atomic E-state index is 13.2. The van der Waals surface area contributed by atoms with E-state index in [1.54, 1.807) is 29.7 Å². The van der Waals surface area contributed by atoms with Crippen LogP contribution in [0.25, 0.3) is 0 Å². The van der Waals surface area contributed by atoms with Gasteiger partial charge in [0.25, 0.3) is 0 Å². The maximum Gasteiger partial charge on any atom is 0.243 e. The van der Waals surface area contributed by atoms with Crippen molar-refractivity contribution >= 4 is 22.4 Å². The molecule has 7 nitrogen and oxygen atoms in total. The zero-order valence-corrected chi connectivity index (χ0v) is 16.6. The number of piperazine rings is 1. The van der Waals surface area contributed by atoms with Crippen molar-refractivity contribution in [2.24, 2.45) is 7.05 Å². The standard InChI is InChI=1S/C17H24N4O3S.ClH/c1-20-10-9-19-17(20)16-13-18-8-11-21(16)25(22,23)15-5-3-14(4-6-15)7-12-24-2;/h3-6,9-10,16,18H,7-8,11-13H2,1-2H3;1H. The highest BCUT2D eigenvalue weighted by atomic mass is 35.5. The number of aryl methyl sites for hydroxylation is 1. The zero-order valence-electron chi connectivity index (χ0n) is 15.0. The van der Waals surface area contributed by atoms with Gasteiger partial charge in [0, 0.05) is 46.2 Å². The first-order valence-electron chi connectivity index (χ1n) is 8.31. The van der Waals surface area contributed by atoms with Gasteiger partial charge in [0.2, 0.25) is 10.0 Å². The molecular formula is C17H25ClN4O3S. The van der Waals surface area contributed by atoms with Crippen LogP contribution in [-0.2, 0) is 28.2 Å². The van der Waals surface area contributed by atoms with Gasteiger partial charge in [-0.2, -0.15) is 4.31 Å². The largest absolute Gasteiger partial charge is 0.384 e. The molecule has 0 radical (unpaired) electrons. The molecule has 1 saturated heterocycles. The van der Waals surface area contributed by atoms with E-state index in [0.29, 0.717) is 31.1 Å². The average Bonchev–Trinajstić information content (AvgIpc) is 3.06. The van der Waals surface area contributed by atoms with Gasteiger partial charge in [-0.1, -0.05) is 12.1 Å². The minimum absolute atomic E-state index is 0. The van der Waals surface area contributed by atoms with E-state index in [4.69, 9.17) is 4.74 Å². The van der Waals surface area contributed by atoms with Crippen molar-refractivity contribution in [3.63, 3.8) is 0 Å². The van der Waals surface area contributed by atoms with E-state index >= 15 is 0 Å². The fourth-order valence-corrected chi connectivity index (χ4v) is 4.66. The van der Waals surface area contributed by atoms with E-state index in [1.165, 1.54) is 0 Å². The highest BCUT2D eigenvalue weighted by Crippen LogP contribution is 2.28. The number of rotatable bonds is 6. The topological polar surface area (TPSA) is 76.5 Å². The van der Waals surface area contributed by atoms with E-state index in [9.17, 15) is 8.42 Å². The molecule has 1 fully saturated rings. The number of nitrogens with one attached hydrogen (secondary N) is 1. The Kier molecular flexibility index (Phi) is 7.19. The molecule has 1 aliphatic heterocycles. The molecule has 1 atom stereocenters. The van der Waals surface area contributed by atoms with Crippen LogP contribution in [0.2, 0.25) is 0 Å². The molecule has 0 saturated carbocycles. The zero-order chi connectivity index (χ0) is 17.9. The second-order valence-electron chi connectivity index (χ2n) is 6.12. The normalized spacial score (nSPS) is 18.5. The molecule has 3 rings (SSSR count). The molecule has 0 aliphatic carbocycles. The van der Waals surface area contributed by atoms with E-state index < -0.39 is 10.0 Å². The van der Waals surface area contributed by atoms with Crippen molar-refractivity contribution in [2.45, 2.75) is 17.4 Å². The molecule has 1 unspecified atom stereocenters. The summed E-state index contributed by atoms with van der Waals surface area (Å²) in [6.45, 7) is 2.22. The molecule has 9 heteroatoms. The Morgan fingerprint density at radius 1 is 1.31 bits per heavy atom. The SMILES string of the molecule is COCCc1ccc(S(=O)(=O)N2CCNCC2c2nccn2C)cc1.Cl. The van der Waals surface area contributed by atoms with Crippen molar-refractivity contribution in [1.82, 2.24) is 19.2 Å². The van der Waals surface area contributed by atoms with Crippen LogP contribution in [0.4, 0.5) is 0 Å². The minimum Gasteiger partial charge on any atom is -0.384 e. The summed E-state index contributed by atoms with van der Waals surface area (Å²) in [6.07, 6.45) is 4.29. The molecule has 1 aromatic heterocycles. The molecule has 144 valence electrons. The van der Waals surface area contributed by atoms with Crippen molar-refractivity contribution in [2.75, 3.05) is 33.4 Å². The lowest BCUT2D eigenvalue weighted by molar-refractivity contribution is 0.202. The predicted molar refractivity (Wildman–Crippen MR) is 102 cm³/mol. The molecule has 2 heterocycles. The number of hydrogen-bond acceptors (Lipinski definition) is 5.